The van der Waals surface area contributed by atoms with Crippen LogP contribution in [0, 0.1) is 17.8 Å². The van der Waals surface area contributed by atoms with E-state index in [4.69, 9.17) is 4.52 Å². The minimum Gasteiger partial charge on any atom is -0.390 e. The average Bonchev–Trinajstić information content (AvgIpc) is 3.38. The number of aromatic nitrogens is 3. The van der Waals surface area contributed by atoms with Crippen LogP contribution in [0.2, 0.25) is 0 Å². The summed E-state index contributed by atoms with van der Waals surface area (Å²) in [5.74, 6) is 1.62. The molecule has 2 aromatic rings. The molecular formula is C23H27N5O3. The summed E-state index contributed by atoms with van der Waals surface area (Å²) in [6.45, 7) is 0. The number of carbonyl (C=O) groups excluding carboxylic acids is 1. The second-order valence-corrected chi connectivity index (χ2v) is 10.0. The zero-order valence-electron chi connectivity index (χ0n) is 17.8. The maximum atomic E-state index is 12.3. The predicted molar refractivity (Wildman–Crippen MR) is 114 cm³/mol. The van der Waals surface area contributed by atoms with Crippen LogP contribution in [0.1, 0.15) is 54.0 Å². The number of anilines is 1. The van der Waals surface area contributed by atoms with Crippen LogP contribution < -0.4 is 5.32 Å². The van der Waals surface area contributed by atoms with Crippen LogP contribution >= 0.6 is 0 Å². The van der Waals surface area contributed by atoms with Gasteiger partial charge in [-0.05, 0) is 49.9 Å². The molecule has 0 saturated heterocycles. The molecule has 4 fully saturated rings. The highest BCUT2D eigenvalue weighted by Crippen LogP contribution is 2.56. The molecule has 0 aromatic carbocycles. The van der Waals surface area contributed by atoms with Gasteiger partial charge in [0, 0.05) is 38.3 Å². The second-order valence-electron chi connectivity index (χ2n) is 10.0. The van der Waals surface area contributed by atoms with Crippen molar-refractivity contribution < 1.29 is 14.4 Å². The van der Waals surface area contributed by atoms with Crippen molar-refractivity contribution in [2.24, 2.45) is 17.8 Å². The molecule has 2 aromatic heterocycles. The first-order valence-corrected chi connectivity index (χ1v) is 11.1. The lowest BCUT2D eigenvalue weighted by Crippen LogP contribution is -2.59. The Morgan fingerprint density at radius 3 is 2.74 bits per heavy atom. The molecule has 8 nitrogen and oxygen atoms in total. The minimum atomic E-state index is -0.467. The van der Waals surface area contributed by atoms with E-state index in [9.17, 15) is 9.90 Å². The van der Waals surface area contributed by atoms with Crippen LogP contribution in [-0.4, -0.2) is 56.8 Å². The third kappa shape index (κ3) is 2.99. The fraction of sp³-hybridized carbons (Fsp3) is 0.565. The molecule has 0 aliphatic heterocycles. The van der Waals surface area contributed by atoms with Crippen LogP contribution in [0.5, 0.6) is 0 Å². The number of rotatable bonds is 4. The van der Waals surface area contributed by atoms with E-state index in [2.05, 4.69) is 32.6 Å². The smallest absolute Gasteiger partial charge is 0.294 e. The van der Waals surface area contributed by atoms with E-state index in [0.717, 1.165) is 48.2 Å². The van der Waals surface area contributed by atoms with Gasteiger partial charge in [0.15, 0.2) is 0 Å². The quantitative estimate of drug-likeness (QED) is 0.782. The van der Waals surface area contributed by atoms with E-state index in [1.54, 1.807) is 20.3 Å². The summed E-state index contributed by atoms with van der Waals surface area (Å²) in [4.78, 5) is 22.7. The van der Waals surface area contributed by atoms with Crippen molar-refractivity contribution in [2.45, 2.75) is 50.2 Å². The first kappa shape index (κ1) is 19.0. The maximum Gasteiger partial charge on any atom is 0.294 e. The van der Waals surface area contributed by atoms with Crippen molar-refractivity contribution in [1.29, 1.82) is 0 Å². The van der Waals surface area contributed by atoms with E-state index >= 15 is 0 Å². The molecule has 0 radical (unpaired) electrons. The van der Waals surface area contributed by atoms with Crippen molar-refractivity contribution >= 4 is 17.7 Å². The van der Waals surface area contributed by atoms with Gasteiger partial charge in [0.1, 0.15) is 0 Å². The van der Waals surface area contributed by atoms with E-state index in [-0.39, 0.29) is 11.7 Å². The van der Waals surface area contributed by atoms with Crippen molar-refractivity contribution in [1.82, 2.24) is 20.0 Å². The number of nitrogens with one attached hydrogen (secondary N) is 1. The summed E-state index contributed by atoms with van der Waals surface area (Å²) in [6, 6.07) is 0.307. The van der Waals surface area contributed by atoms with E-state index in [0.29, 0.717) is 29.7 Å². The zero-order valence-corrected chi connectivity index (χ0v) is 17.8. The third-order valence-electron chi connectivity index (χ3n) is 7.60. The Balaban J connectivity index is 1.38. The molecule has 1 amide bonds. The van der Waals surface area contributed by atoms with Crippen molar-refractivity contribution in [2.75, 3.05) is 19.4 Å². The second kappa shape index (κ2) is 6.63. The van der Waals surface area contributed by atoms with Gasteiger partial charge >= 0.3 is 0 Å². The normalized spacial score (nSPS) is 32.4. The molecule has 2 unspecified atom stereocenters. The Hall–Kier alpha value is -2.74. The Kier molecular flexibility index (Phi) is 4.06. The van der Waals surface area contributed by atoms with Gasteiger partial charge in [0.25, 0.3) is 17.6 Å². The molecule has 2 N–H and O–H groups in total. The summed E-state index contributed by atoms with van der Waals surface area (Å²) in [5, 5.41) is 18.7. The molecule has 31 heavy (non-hydrogen) atoms. The first-order valence-electron chi connectivity index (χ1n) is 11.1. The standard InChI is InChI=1S/C23H27N5O3/c1-28(2)22(29)20-26-21(31-27-20)16-11-24-17-5-3-4-15(17)19(16)25-18-13-6-12-7-14(18)10-23(30,8-12)9-13/h3-4,11-14,18,30H,5-10H2,1-2H3,(H,24,25). The maximum absolute atomic E-state index is 12.3. The lowest BCUT2D eigenvalue weighted by Gasteiger charge is -2.58. The fourth-order valence-corrected chi connectivity index (χ4v) is 6.52. The van der Waals surface area contributed by atoms with E-state index in [1.165, 1.54) is 17.7 Å². The van der Waals surface area contributed by atoms with Gasteiger partial charge < -0.3 is 19.8 Å². The number of aliphatic hydroxyl groups is 1. The van der Waals surface area contributed by atoms with Gasteiger partial charge in [-0.2, -0.15) is 4.98 Å². The first-order chi connectivity index (χ1) is 14.9. The van der Waals surface area contributed by atoms with Crippen molar-refractivity contribution in [3.8, 4) is 11.5 Å². The summed E-state index contributed by atoms with van der Waals surface area (Å²) in [6.07, 6.45) is 11.9. The van der Waals surface area contributed by atoms with E-state index < -0.39 is 5.60 Å². The van der Waals surface area contributed by atoms with Crippen LogP contribution in [-0.2, 0) is 6.42 Å². The van der Waals surface area contributed by atoms with Crippen LogP contribution in [0.4, 0.5) is 5.69 Å². The highest BCUT2D eigenvalue weighted by molar-refractivity contribution is 5.91. The Bertz CT molecular complexity index is 1070. The molecule has 5 aliphatic carbocycles. The summed E-state index contributed by atoms with van der Waals surface area (Å²) < 4.78 is 5.49. The van der Waals surface area contributed by atoms with Gasteiger partial charge in [-0.3, -0.25) is 9.78 Å². The van der Waals surface area contributed by atoms with E-state index in [1.807, 2.05) is 0 Å². The van der Waals surface area contributed by atoms with Crippen molar-refractivity contribution in [3.05, 3.63) is 29.4 Å². The monoisotopic (exact) mass is 421 g/mol. The molecular weight excluding hydrogens is 394 g/mol. The van der Waals surface area contributed by atoms with Crippen molar-refractivity contribution in [3.63, 3.8) is 0 Å². The number of hydrogen-bond donors (Lipinski definition) is 2. The molecule has 2 atom stereocenters. The number of hydrogen-bond acceptors (Lipinski definition) is 7. The van der Waals surface area contributed by atoms with Crippen LogP contribution in [0.3, 0.4) is 0 Å². The lowest BCUT2D eigenvalue weighted by molar-refractivity contribution is -0.129. The SMILES string of the molecule is CN(C)C(=O)c1noc(-c2cnc3c(c2NC2C4CC5CC2CC(O)(C5)C4)C=CC3)n1. The molecule has 4 saturated carbocycles. The summed E-state index contributed by atoms with van der Waals surface area (Å²) in [7, 11) is 3.32. The number of fused-ring (bicyclic) bond motifs is 1. The van der Waals surface area contributed by atoms with Gasteiger partial charge in [-0.1, -0.05) is 17.3 Å². The molecule has 5 aliphatic rings. The third-order valence-corrected chi connectivity index (χ3v) is 7.60. The van der Waals surface area contributed by atoms with Crippen LogP contribution in [0.25, 0.3) is 17.5 Å². The minimum absolute atomic E-state index is 0.0406. The number of nitrogens with zero attached hydrogens (tertiary/aromatic N) is 4. The van der Waals surface area contributed by atoms with Gasteiger partial charge in [-0.25, -0.2) is 0 Å². The van der Waals surface area contributed by atoms with Gasteiger partial charge in [0.2, 0.25) is 0 Å². The molecule has 4 bridgehead atoms. The van der Waals surface area contributed by atoms with Gasteiger partial charge in [-0.15, -0.1) is 0 Å². The predicted octanol–water partition coefficient (Wildman–Crippen LogP) is 2.75. The Morgan fingerprint density at radius 2 is 2.03 bits per heavy atom. The molecule has 2 heterocycles. The lowest BCUT2D eigenvalue weighted by atomic mass is 9.52. The fourth-order valence-electron chi connectivity index (χ4n) is 6.52. The highest BCUT2D eigenvalue weighted by Gasteiger charge is 2.54. The molecule has 0 spiro atoms. The molecule has 7 rings (SSSR count). The largest absolute Gasteiger partial charge is 0.390 e. The topological polar surface area (TPSA) is 104 Å². The van der Waals surface area contributed by atoms with Gasteiger partial charge in [0.05, 0.1) is 22.5 Å². The zero-order chi connectivity index (χ0) is 21.3. The molecule has 8 heteroatoms. The number of pyridine rings is 1. The number of allylic oxidation sites excluding steroid dienone is 1. The molecule has 162 valence electrons. The van der Waals surface area contributed by atoms with Crippen LogP contribution in [0.15, 0.2) is 16.8 Å². The number of amides is 1. The highest BCUT2D eigenvalue weighted by atomic mass is 16.5. The Morgan fingerprint density at radius 1 is 1.26 bits per heavy atom. The summed E-state index contributed by atoms with van der Waals surface area (Å²) in [5.41, 5.74) is 3.30. The summed E-state index contributed by atoms with van der Waals surface area (Å²) >= 11 is 0. The average molecular weight is 422 g/mol. The Labute approximate surface area is 180 Å². The number of carbonyl (C=O) groups is 1.